The van der Waals surface area contributed by atoms with E-state index in [9.17, 15) is 14.9 Å². The number of nitrogens with zero attached hydrogens (tertiary/aromatic N) is 7. The molecule has 0 bridgehead atoms. The summed E-state index contributed by atoms with van der Waals surface area (Å²) in [6, 6.07) is 8.26. The summed E-state index contributed by atoms with van der Waals surface area (Å²) in [6.45, 7) is 7.06. The van der Waals surface area contributed by atoms with Gasteiger partial charge in [-0.3, -0.25) is 9.59 Å². The van der Waals surface area contributed by atoms with Gasteiger partial charge in [-0.05, 0) is 69.5 Å². The van der Waals surface area contributed by atoms with Gasteiger partial charge in [0, 0.05) is 55.5 Å². The van der Waals surface area contributed by atoms with Crippen molar-refractivity contribution in [2.24, 2.45) is 5.41 Å². The summed E-state index contributed by atoms with van der Waals surface area (Å²) in [5, 5.41) is 10.2. The number of ketones is 1. The Bertz CT molecular complexity index is 1490. The lowest BCUT2D eigenvalue weighted by Crippen LogP contribution is -2.55. The van der Waals surface area contributed by atoms with Crippen molar-refractivity contribution in [3.8, 4) is 12.1 Å². The summed E-state index contributed by atoms with van der Waals surface area (Å²) in [5.41, 5.74) is 2.80. The first-order valence-corrected chi connectivity index (χ1v) is 15.4. The topological polar surface area (TPSA) is 106 Å². The van der Waals surface area contributed by atoms with Gasteiger partial charge < -0.3 is 24.3 Å². The van der Waals surface area contributed by atoms with Gasteiger partial charge in [0.05, 0.1) is 23.9 Å². The molecule has 1 amide bonds. The normalized spacial score (nSPS) is 25.3. The zero-order valence-electron chi connectivity index (χ0n) is 24.9. The molecule has 3 atom stereocenters. The summed E-state index contributed by atoms with van der Waals surface area (Å²) in [7, 11) is 4.10. The molecule has 6 rings (SSSR count). The molecule has 2 saturated heterocycles. The number of carbonyl (C=O) groups is 2. The number of Topliss-reactive ketones (excluding diaryl/α,β-unsaturated/α-hetero) is 1. The molecule has 2 aromatic rings. The Labute approximate surface area is 257 Å². The van der Waals surface area contributed by atoms with Crippen LogP contribution in [0.4, 0.5) is 11.5 Å². The van der Waals surface area contributed by atoms with Crippen LogP contribution in [0, 0.1) is 16.7 Å². The highest BCUT2D eigenvalue weighted by molar-refractivity contribution is 6.30. The van der Waals surface area contributed by atoms with E-state index in [2.05, 4.69) is 34.4 Å². The van der Waals surface area contributed by atoms with E-state index in [1.54, 1.807) is 4.90 Å². The smallest absolute Gasteiger partial charge is 0.319 e. The third-order valence-corrected chi connectivity index (χ3v) is 9.92. The van der Waals surface area contributed by atoms with Crippen LogP contribution >= 0.6 is 11.6 Å². The molecule has 2 fully saturated rings. The second-order valence-electron chi connectivity index (χ2n) is 12.4. The fourth-order valence-corrected chi connectivity index (χ4v) is 7.51. The quantitative estimate of drug-likeness (QED) is 0.458. The molecule has 11 heteroatoms. The fourth-order valence-electron chi connectivity index (χ4n) is 7.34. The predicted octanol–water partition coefficient (Wildman–Crippen LogP) is 3.53. The zero-order chi connectivity index (χ0) is 30.3. The molecule has 2 unspecified atom stereocenters. The maximum absolute atomic E-state index is 14.5. The molecule has 1 aromatic carbocycles. The van der Waals surface area contributed by atoms with Crippen molar-refractivity contribution >= 4 is 34.8 Å². The van der Waals surface area contributed by atoms with E-state index in [4.69, 9.17) is 26.3 Å². The molecule has 3 aliphatic heterocycles. The lowest BCUT2D eigenvalue weighted by Gasteiger charge is -2.45. The van der Waals surface area contributed by atoms with Crippen molar-refractivity contribution in [1.29, 1.82) is 5.26 Å². The second kappa shape index (κ2) is 11.8. The number of ether oxygens (including phenoxy) is 1. The van der Waals surface area contributed by atoms with Gasteiger partial charge in [0.25, 0.3) is 0 Å². The molecular weight excluding hydrogens is 566 g/mol. The average molecular weight is 604 g/mol. The number of amides is 1. The minimum absolute atomic E-state index is 0.0155. The third-order valence-electron chi connectivity index (χ3n) is 9.69. The molecule has 0 radical (unpaired) electrons. The number of likely N-dealkylation sites (tertiary alicyclic amines) is 1. The van der Waals surface area contributed by atoms with E-state index < -0.39 is 5.41 Å². The first kappa shape index (κ1) is 29.4. The Balaban J connectivity index is 1.36. The second-order valence-corrected chi connectivity index (χ2v) is 12.8. The Morgan fingerprint density at radius 1 is 1.26 bits per heavy atom. The molecule has 4 heterocycles. The highest BCUT2D eigenvalue weighted by atomic mass is 35.5. The first-order valence-electron chi connectivity index (χ1n) is 15.1. The number of nitriles is 1. The SMILES string of the molecule is C=CC(=O)N1CCN(c2nc(OCC3CCCN3C)nc3c2CC[C@]2(Cc4ccc(Cl)cc4N(C)C2)C3=O)CC1CC#N. The number of hydrogen-bond donors (Lipinski definition) is 0. The number of halogens is 1. The van der Waals surface area contributed by atoms with E-state index in [1.807, 2.05) is 25.2 Å². The van der Waals surface area contributed by atoms with Gasteiger partial charge >= 0.3 is 6.01 Å². The van der Waals surface area contributed by atoms with Gasteiger partial charge in [-0.25, -0.2) is 0 Å². The van der Waals surface area contributed by atoms with Crippen molar-refractivity contribution < 1.29 is 14.3 Å². The van der Waals surface area contributed by atoms with Crippen LogP contribution in [-0.2, 0) is 17.6 Å². The number of piperazine rings is 1. The summed E-state index contributed by atoms with van der Waals surface area (Å²) >= 11 is 6.30. The Hall–Kier alpha value is -3.68. The minimum Gasteiger partial charge on any atom is -0.462 e. The van der Waals surface area contributed by atoms with Gasteiger partial charge in [0.1, 0.15) is 18.1 Å². The third kappa shape index (κ3) is 5.45. The number of likely N-dealkylation sites (N-methyl/N-ethyl adjacent to an activating group) is 1. The predicted molar refractivity (Wildman–Crippen MR) is 165 cm³/mol. The number of anilines is 2. The lowest BCUT2D eigenvalue weighted by molar-refractivity contribution is -0.128. The summed E-state index contributed by atoms with van der Waals surface area (Å²) in [4.78, 5) is 45.0. The number of carbonyl (C=O) groups excluding carboxylic acids is 2. The van der Waals surface area contributed by atoms with Crippen molar-refractivity contribution in [3.63, 3.8) is 0 Å². The molecular formula is C32H38ClN7O3. The molecule has 0 N–H and O–H groups in total. The van der Waals surface area contributed by atoms with Crippen LogP contribution in [0.25, 0.3) is 0 Å². The lowest BCUT2D eigenvalue weighted by atomic mass is 9.66. The number of aromatic nitrogens is 2. The van der Waals surface area contributed by atoms with E-state index >= 15 is 0 Å². The van der Waals surface area contributed by atoms with Crippen LogP contribution in [0.1, 0.15) is 47.3 Å². The molecule has 1 aromatic heterocycles. The number of fused-ring (bicyclic) bond motifs is 2. The van der Waals surface area contributed by atoms with Crippen molar-refractivity contribution in [1.82, 2.24) is 19.8 Å². The van der Waals surface area contributed by atoms with E-state index in [-0.39, 0.29) is 36.2 Å². The van der Waals surface area contributed by atoms with Crippen LogP contribution in [-0.4, -0.2) is 97.0 Å². The number of rotatable bonds is 6. The zero-order valence-corrected chi connectivity index (χ0v) is 25.6. The molecule has 10 nitrogen and oxygen atoms in total. The van der Waals surface area contributed by atoms with Crippen LogP contribution in [0.2, 0.25) is 5.02 Å². The highest BCUT2D eigenvalue weighted by Gasteiger charge is 2.48. The van der Waals surface area contributed by atoms with E-state index in [1.165, 1.54) is 6.08 Å². The summed E-state index contributed by atoms with van der Waals surface area (Å²) in [6.07, 6.45) is 5.59. The standard InChI is InChI=1S/C32H38ClN7O3/c1-4-27(41)40-15-14-39(18-23(40)10-12-34)30-25-9-11-32(17-21-7-8-22(33)16-26(21)38(3)20-32)29(42)28(25)35-31(36-30)43-19-24-6-5-13-37(24)2/h4,7-8,16,23-24H,1,5-6,9-11,13-15,17-20H2,2-3H3/t23?,24?,32-/m1/s1. The van der Waals surface area contributed by atoms with E-state index in [0.717, 1.165) is 36.2 Å². The van der Waals surface area contributed by atoms with Crippen LogP contribution < -0.4 is 14.5 Å². The Morgan fingerprint density at radius 2 is 2.09 bits per heavy atom. The average Bonchev–Trinajstić information content (AvgIpc) is 3.42. The monoisotopic (exact) mass is 603 g/mol. The van der Waals surface area contributed by atoms with Gasteiger partial charge in [0.2, 0.25) is 5.91 Å². The minimum atomic E-state index is -0.616. The number of hydrogen-bond acceptors (Lipinski definition) is 9. The summed E-state index contributed by atoms with van der Waals surface area (Å²) in [5.74, 6) is 0.504. The van der Waals surface area contributed by atoms with Crippen molar-refractivity contribution in [2.45, 2.75) is 50.6 Å². The first-order chi connectivity index (χ1) is 20.7. The fraction of sp³-hybridized carbons (Fsp3) is 0.531. The Kier molecular flexibility index (Phi) is 8.05. The Morgan fingerprint density at radius 3 is 2.84 bits per heavy atom. The maximum atomic E-state index is 14.5. The maximum Gasteiger partial charge on any atom is 0.319 e. The number of benzene rings is 1. The summed E-state index contributed by atoms with van der Waals surface area (Å²) < 4.78 is 6.23. The highest BCUT2D eigenvalue weighted by Crippen LogP contribution is 2.46. The van der Waals surface area contributed by atoms with Gasteiger partial charge in [-0.1, -0.05) is 24.2 Å². The van der Waals surface area contributed by atoms with Crippen molar-refractivity contribution in [2.75, 3.05) is 63.2 Å². The molecule has 0 saturated carbocycles. The molecule has 43 heavy (non-hydrogen) atoms. The molecule has 226 valence electrons. The van der Waals surface area contributed by atoms with Crippen LogP contribution in [0.5, 0.6) is 6.01 Å². The van der Waals surface area contributed by atoms with Gasteiger partial charge in [0.15, 0.2) is 5.78 Å². The van der Waals surface area contributed by atoms with E-state index in [0.29, 0.717) is 68.6 Å². The van der Waals surface area contributed by atoms with Gasteiger partial charge in [-0.15, -0.1) is 0 Å². The molecule has 1 aliphatic carbocycles. The molecule has 1 spiro atoms. The largest absolute Gasteiger partial charge is 0.462 e. The van der Waals surface area contributed by atoms with Gasteiger partial charge in [-0.2, -0.15) is 15.2 Å². The van der Waals surface area contributed by atoms with Crippen molar-refractivity contribution in [3.05, 3.63) is 52.7 Å². The van der Waals surface area contributed by atoms with Crippen LogP contribution in [0.3, 0.4) is 0 Å². The van der Waals surface area contributed by atoms with Crippen LogP contribution in [0.15, 0.2) is 30.9 Å². The molecule has 4 aliphatic rings.